The number of carbonyl (C=O) groups excluding carboxylic acids is 1. The number of nitrogens with one attached hydrogen (secondary N) is 1. The SMILES string of the molecule is O=C(NCCn1cnnc1C1CC1)c1ccc(-c2ccccc2)cc1. The quantitative estimate of drug-likeness (QED) is 0.754. The Morgan fingerprint density at radius 2 is 1.76 bits per heavy atom. The average molecular weight is 332 g/mol. The standard InChI is InChI=1S/C20H20N4O/c25-20(21-12-13-24-14-22-23-19(24)17-8-9-17)18-10-6-16(7-11-18)15-4-2-1-3-5-15/h1-7,10-11,14,17H,8-9,12-13H2,(H,21,25). The van der Waals surface area contributed by atoms with Crippen molar-refractivity contribution < 1.29 is 4.79 Å². The third-order valence-corrected chi connectivity index (χ3v) is 4.48. The molecular formula is C20H20N4O. The van der Waals surface area contributed by atoms with Gasteiger partial charge in [0.15, 0.2) is 0 Å². The second-order valence-corrected chi connectivity index (χ2v) is 6.36. The molecule has 5 heteroatoms. The molecule has 1 heterocycles. The van der Waals surface area contributed by atoms with Gasteiger partial charge < -0.3 is 9.88 Å². The summed E-state index contributed by atoms with van der Waals surface area (Å²) in [5.74, 6) is 1.55. The van der Waals surface area contributed by atoms with E-state index in [-0.39, 0.29) is 5.91 Å². The molecule has 1 saturated carbocycles. The molecule has 1 aromatic heterocycles. The van der Waals surface area contributed by atoms with Gasteiger partial charge in [-0.25, -0.2) is 0 Å². The molecule has 25 heavy (non-hydrogen) atoms. The van der Waals surface area contributed by atoms with Crippen molar-refractivity contribution in [3.05, 3.63) is 72.3 Å². The van der Waals surface area contributed by atoms with Gasteiger partial charge in [0, 0.05) is 24.6 Å². The maximum atomic E-state index is 12.3. The molecule has 1 fully saturated rings. The summed E-state index contributed by atoms with van der Waals surface area (Å²) in [6, 6.07) is 17.8. The minimum absolute atomic E-state index is 0.0549. The summed E-state index contributed by atoms with van der Waals surface area (Å²) in [6.07, 6.45) is 4.13. The highest BCUT2D eigenvalue weighted by molar-refractivity contribution is 5.94. The van der Waals surface area contributed by atoms with Crippen LogP contribution in [0.2, 0.25) is 0 Å². The Morgan fingerprint density at radius 3 is 2.48 bits per heavy atom. The van der Waals surface area contributed by atoms with E-state index < -0.39 is 0 Å². The number of amides is 1. The number of aromatic nitrogens is 3. The van der Waals surface area contributed by atoms with Crippen LogP contribution >= 0.6 is 0 Å². The van der Waals surface area contributed by atoms with Crippen molar-refractivity contribution in [2.45, 2.75) is 25.3 Å². The van der Waals surface area contributed by atoms with Gasteiger partial charge in [-0.15, -0.1) is 10.2 Å². The smallest absolute Gasteiger partial charge is 0.251 e. The normalized spacial score (nSPS) is 13.6. The molecular weight excluding hydrogens is 312 g/mol. The molecule has 0 unspecified atom stereocenters. The van der Waals surface area contributed by atoms with E-state index in [1.807, 2.05) is 47.0 Å². The first kappa shape index (κ1) is 15.6. The number of hydrogen-bond acceptors (Lipinski definition) is 3. The van der Waals surface area contributed by atoms with E-state index in [1.54, 1.807) is 6.33 Å². The first-order valence-corrected chi connectivity index (χ1v) is 8.62. The Bertz CT molecular complexity index is 851. The Labute approximate surface area is 146 Å². The van der Waals surface area contributed by atoms with E-state index in [4.69, 9.17) is 0 Å². The Morgan fingerprint density at radius 1 is 1.04 bits per heavy atom. The van der Waals surface area contributed by atoms with Gasteiger partial charge in [-0.3, -0.25) is 4.79 Å². The summed E-state index contributed by atoms with van der Waals surface area (Å²) in [6.45, 7) is 1.27. The molecule has 4 rings (SSSR count). The van der Waals surface area contributed by atoms with E-state index >= 15 is 0 Å². The lowest BCUT2D eigenvalue weighted by atomic mass is 10.0. The fourth-order valence-corrected chi connectivity index (χ4v) is 2.93. The van der Waals surface area contributed by atoms with Gasteiger partial charge in [-0.05, 0) is 36.1 Å². The molecule has 1 aliphatic carbocycles. The largest absolute Gasteiger partial charge is 0.350 e. The van der Waals surface area contributed by atoms with Crippen LogP contribution in [0.25, 0.3) is 11.1 Å². The van der Waals surface area contributed by atoms with Gasteiger partial charge in [0.1, 0.15) is 12.2 Å². The van der Waals surface area contributed by atoms with Gasteiger partial charge in [0.2, 0.25) is 0 Å². The van der Waals surface area contributed by atoms with Crippen molar-refractivity contribution in [3.8, 4) is 11.1 Å². The minimum Gasteiger partial charge on any atom is -0.350 e. The number of carbonyl (C=O) groups is 1. The molecule has 0 saturated heterocycles. The van der Waals surface area contributed by atoms with E-state index in [1.165, 1.54) is 12.8 Å². The fraction of sp³-hybridized carbons (Fsp3) is 0.250. The van der Waals surface area contributed by atoms with Crippen molar-refractivity contribution in [1.29, 1.82) is 0 Å². The van der Waals surface area contributed by atoms with Crippen molar-refractivity contribution in [2.75, 3.05) is 6.54 Å². The summed E-state index contributed by atoms with van der Waals surface area (Å²) >= 11 is 0. The number of rotatable bonds is 6. The lowest BCUT2D eigenvalue weighted by molar-refractivity contribution is 0.0952. The molecule has 1 N–H and O–H groups in total. The van der Waals surface area contributed by atoms with Crippen molar-refractivity contribution >= 4 is 5.91 Å². The van der Waals surface area contributed by atoms with Crippen LogP contribution in [0.1, 0.15) is 34.9 Å². The number of nitrogens with zero attached hydrogens (tertiary/aromatic N) is 3. The summed E-state index contributed by atoms with van der Waals surface area (Å²) in [4.78, 5) is 12.3. The predicted octanol–water partition coefficient (Wildman–Crippen LogP) is 3.25. The topological polar surface area (TPSA) is 59.8 Å². The van der Waals surface area contributed by atoms with Crippen LogP contribution in [0.15, 0.2) is 60.9 Å². The van der Waals surface area contributed by atoms with Gasteiger partial charge in [0.05, 0.1) is 0 Å². The summed E-state index contributed by atoms with van der Waals surface area (Å²) in [5.41, 5.74) is 2.93. The number of hydrogen-bond donors (Lipinski definition) is 1. The maximum Gasteiger partial charge on any atom is 0.251 e. The molecule has 2 aromatic carbocycles. The van der Waals surface area contributed by atoms with E-state index in [0.717, 1.165) is 17.0 Å². The molecule has 3 aromatic rings. The second-order valence-electron chi connectivity index (χ2n) is 6.36. The molecule has 0 atom stereocenters. The molecule has 1 aliphatic rings. The lowest BCUT2D eigenvalue weighted by Gasteiger charge is -2.08. The van der Waals surface area contributed by atoms with Crippen LogP contribution in [-0.4, -0.2) is 27.2 Å². The summed E-state index contributed by atoms with van der Waals surface area (Å²) in [5, 5.41) is 11.1. The van der Waals surface area contributed by atoms with E-state index in [0.29, 0.717) is 24.6 Å². The van der Waals surface area contributed by atoms with Crippen LogP contribution in [-0.2, 0) is 6.54 Å². The zero-order chi connectivity index (χ0) is 17.1. The highest BCUT2D eigenvalue weighted by Crippen LogP contribution is 2.38. The van der Waals surface area contributed by atoms with Crippen LogP contribution in [0.5, 0.6) is 0 Å². The van der Waals surface area contributed by atoms with Crippen molar-refractivity contribution in [1.82, 2.24) is 20.1 Å². The zero-order valence-corrected chi connectivity index (χ0v) is 13.9. The first-order chi connectivity index (χ1) is 12.3. The van der Waals surface area contributed by atoms with Gasteiger partial charge in [0.25, 0.3) is 5.91 Å². The van der Waals surface area contributed by atoms with Crippen molar-refractivity contribution in [3.63, 3.8) is 0 Å². The lowest BCUT2D eigenvalue weighted by Crippen LogP contribution is -2.27. The highest BCUT2D eigenvalue weighted by atomic mass is 16.1. The van der Waals surface area contributed by atoms with E-state index in [2.05, 4.69) is 27.6 Å². The minimum atomic E-state index is -0.0549. The Balaban J connectivity index is 1.34. The first-order valence-electron chi connectivity index (χ1n) is 8.62. The van der Waals surface area contributed by atoms with Gasteiger partial charge in [-0.1, -0.05) is 42.5 Å². The molecule has 126 valence electrons. The Kier molecular flexibility index (Phi) is 4.29. The summed E-state index contributed by atoms with van der Waals surface area (Å²) in [7, 11) is 0. The molecule has 0 bridgehead atoms. The predicted molar refractivity (Wildman–Crippen MR) is 96.2 cm³/mol. The van der Waals surface area contributed by atoms with E-state index in [9.17, 15) is 4.79 Å². The monoisotopic (exact) mass is 332 g/mol. The Hall–Kier alpha value is -2.95. The molecule has 0 spiro atoms. The molecule has 0 aliphatic heterocycles. The molecule has 5 nitrogen and oxygen atoms in total. The fourth-order valence-electron chi connectivity index (χ4n) is 2.93. The zero-order valence-electron chi connectivity index (χ0n) is 13.9. The highest BCUT2D eigenvalue weighted by Gasteiger charge is 2.28. The van der Waals surface area contributed by atoms with Gasteiger partial charge in [-0.2, -0.15) is 0 Å². The third-order valence-electron chi connectivity index (χ3n) is 4.48. The van der Waals surface area contributed by atoms with Crippen LogP contribution < -0.4 is 5.32 Å². The van der Waals surface area contributed by atoms with Gasteiger partial charge >= 0.3 is 0 Å². The summed E-state index contributed by atoms with van der Waals surface area (Å²) < 4.78 is 2.04. The molecule has 1 amide bonds. The number of benzene rings is 2. The third kappa shape index (κ3) is 3.60. The van der Waals surface area contributed by atoms with Crippen LogP contribution in [0.4, 0.5) is 0 Å². The average Bonchev–Trinajstić information content (AvgIpc) is 3.41. The van der Waals surface area contributed by atoms with Crippen molar-refractivity contribution in [2.24, 2.45) is 0 Å². The van der Waals surface area contributed by atoms with Crippen LogP contribution in [0, 0.1) is 0 Å². The second kappa shape index (κ2) is 6.89. The maximum absolute atomic E-state index is 12.3. The molecule has 0 radical (unpaired) electrons. The van der Waals surface area contributed by atoms with Crippen LogP contribution in [0.3, 0.4) is 0 Å².